The van der Waals surface area contributed by atoms with Gasteiger partial charge in [0.1, 0.15) is 0 Å². The molecule has 140 valence electrons. The van der Waals surface area contributed by atoms with Gasteiger partial charge in [-0.15, -0.1) is 0 Å². The first-order valence-corrected chi connectivity index (χ1v) is 14.3. The van der Waals surface area contributed by atoms with Crippen LogP contribution in [0, 0.1) is 0 Å². The van der Waals surface area contributed by atoms with E-state index in [0.717, 1.165) is 11.2 Å². The number of hydrogen-bond donors (Lipinski definition) is 0. The Kier molecular flexibility index (Phi) is 4.43. The van der Waals surface area contributed by atoms with Crippen LogP contribution in [0.1, 0.15) is 20.3 Å². The van der Waals surface area contributed by atoms with Gasteiger partial charge in [0.2, 0.25) is 0 Å². The molecule has 0 saturated carbocycles. The standard InChI is InChI=1S/C24H23N2PSe/c1-3-15-27(28,4-2)17-13-14-19-18-9-5-6-10-20(18)24-25-21-11-7-8-12-22(21)26(24)23(19)16-17/h5-14,16H,3-4,15H2,1-2H3. The second-order valence-corrected chi connectivity index (χ2v) is 15.2. The minimum atomic E-state index is -1.25. The molecule has 2 nitrogen and oxygen atoms in total. The zero-order valence-corrected chi connectivity index (χ0v) is 18.8. The van der Waals surface area contributed by atoms with Crippen molar-refractivity contribution in [3.8, 4) is 0 Å². The predicted molar refractivity (Wildman–Crippen MR) is 126 cm³/mol. The molecule has 0 amide bonds. The number of benzene rings is 3. The van der Waals surface area contributed by atoms with Crippen LogP contribution in [-0.4, -0.2) is 36.8 Å². The SMILES string of the molecule is CCCP(=[Se])(CC)c1ccc2c3ccccc3c3nc4ccccc4n3c2c1. The van der Waals surface area contributed by atoms with E-state index in [2.05, 4.69) is 100 Å². The van der Waals surface area contributed by atoms with E-state index >= 15 is 0 Å². The fraction of sp³-hybridized carbons (Fsp3) is 0.208. The van der Waals surface area contributed by atoms with Gasteiger partial charge in [0.25, 0.3) is 0 Å². The molecule has 4 heteroatoms. The summed E-state index contributed by atoms with van der Waals surface area (Å²) in [6, 6.07) is 24.3. The van der Waals surface area contributed by atoms with Crippen LogP contribution in [0.4, 0.5) is 0 Å². The van der Waals surface area contributed by atoms with E-state index in [0.29, 0.717) is 0 Å². The average molecular weight is 449 g/mol. The molecular weight excluding hydrogens is 426 g/mol. The third-order valence-electron chi connectivity index (χ3n) is 5.81. The van der Waals surface area contributed by atoms with Crippen LogP contribution >= 0.6 is 5.51 Å². The van der Waals surface area contributed by atoms with Crippen LogP contribution in [0.15, 0.2) is 66.7 Å². The number of aromatic nitrogens is 2. The fourth-order valence-corrected chi connectivity index (χ4v) is 8.61. The topological polar surface area (TPSA) is 17.3 Å². The normalized spacial score (nSPS) is 14.2. The van der Waals surface area contributed by atoms with Crippen LogP contribution in [-0.2, 0) is 0 Å². The first-order chi connectivity index (χ1) is 13.7. The second kappa shape index (κ2) is 6.85. The number of hydrogen-bond acceptors (Lipinski definition) is 1. The molecule has 2 aromatic heterocycles. The third-order valence-corrected chi connectivity index (χ3v) is 13.3. The summed E-state index contributed by atoms with van der Waals surface area (Å²) in [6.07, 6.45) is 3.68. The van der Waals surface area contributed by atoms with E-state index in [1.54, 1.807) is 0 Å². The van der Waals surface area contributed by atoms with Crippen LogP contribution in [0.5, 0.6) is 0 Å². The van der Waals surface area contributed by atoms with Gasteiger partial charge in [-0.05, 0) is 0 Å². The number of rotatable bonds is 4. The maximum absolute atomic E-state index is 5.01. The first kappa shape index (κ1) is 18.1. The molecule has 0 N–H and O–H groups in total. The summed E-state index contributed by atoms with van der Waals surface area (Å²) in [6.45, 7) is 4.62. The summed E-state index contributed by atoms with van der Waals surface area (Å²) in [7, 11) is 0. The number of nitrogens with zero attached hydrogens (tertiary/aromatic N) is 2. The molecule has 1 atom stereocenters. The Hall–Kier alpha value is -1.92. The maximum atomic E-state index is 5.01. The second-order valence-electron chi connectivity index (χ2n) is 7.44. The van der Waals surface area contributed by atoms with Gasteiger partial charge >= 0.3 is 173 Å². The Balaban J connectivity index is 2.00. The Morgan fingerprint density at radius 3 is 2.39 bits per heavy atom. The van der Waals surface area contributed by atoms with E-state index in [9.17, 15) is 0 Å². The molecule has 0 spiro atoms. The van der Waals surface area contributed by atoms with Gasteiger partial charge in [-0.25, -0.2) is 0 Å². The molecule has 0 saturated heterocycles. The average Bonchev–Trinajstić information content (AvgIpc) is 3.14. The molecule has 28 heavy (non-hydrogen) atoms. The molecule has 5 aromatic rings. The first-order valence-electron chi connectivity index (χ1n) is 9.96. The van der Waals surface area contributed by atoms with E-state index in [1.165, 1.54) is 51.2 Å². The van der Waals surface area contributed by atoms with Crippen molar-refractivity contribution in [3.63, 3.8) is 0 Å². The van der Waals surface area contributed by atoms with E-state index in [4.69, 9.17) is 4.98 Å². The Bertz CT molecular complexity index is 1400. The van der Waals surface area contributed by atoms with Crippen molar-refractivity contribution >= 4 is 64.3 Å². The fourth-order valence-electron chi connectivity index (χ4n) is 4.38. The van der Waals surface area contributed by atoms with E-state index in [1.807, 2.05) is 0 Å². The van der Waals surface area contributed by atoms with Crippen molar-refractivity contribution in [3.05, 3.63) is 66.7 Å². The Morgan fingerprint density at radius 1 is 0.857 bits per heavy atom. The monoisotopic (exact) mass is 450 g/mol. The molecule has 0 aliphatic rings. The Labute approximate surface area is 172 Å². The van der Waals surface area contributed by atoms with E-state index in [-0.39, 0.29) is 0 Å². The Morgan fingerprint density at radius 2 is 1.61 bits per heavy atom. The van der Waals surface area contributed by atoms with Gasteiger partial charge < -0.3 is 0 Å². The van der Waals surface area contributed by atoms with Crippen LogP contribution in [0.3, 0.4) is 0 Å². The molecule has 0 fully saturated rings. The summed E-state index contributed by atoms with van der Waals surface area (Å²) in [4.78, 5) is 5.01. The molecular formula is C24H23N2PSe. The van der Waals surface area contributed by atoms with Crippen molar-refractivity contribution in [2.75, 3.05) is 12.3 Å². The quantitative estimate of drug-likeness (QED) is 0.188. The summed E-state index contributed by atoms with van der Waals surface area (Å²) < 4.78 is 2.36. The molecule has 5 rings (SSSR count). The molecule has 0 aliphatic heterocycles. The summed E-state index contributed by atoms with van der Waals surface area (Å²) in [5.74, 6) is 0. The van der Waals surface area contributed by atoms with Gasteiger partial charge in [-0.2, -0.15) is 0 Å². The van der Waals surface area contributed by atoms with Crippen LogP contribution < -0.4 is 5.30 Å². The number of pyridine rings is 1. The zero-order chi connectivity index (χ0) is 19.3. The summed E-state index contributed by atoms with van der Waals surface area (Å²) in [5.41, 5.74) is 3.31. The molecule has 1 unspecified atom stereocenters. The number of imidazole rings is 1. The predicted octanol–water partition coefficient (Wildman–Crippen LogP) is 5.95. The van der Waals surface area contributed by atoms with Crippen molar-refractivity contribution in [1.82, 2.24) is 9.38 Å². The molecule has 0 bridgehead atoms. The number of para-hydroxylation sites is 2. The minimum absolute atomic E-state index is 1.05. The van der Waals surface area contributed by atoms with Gasteiger partial charge in [-0.3, -0.25) is 0 Å². The molecule has 0 aliphatic carbocycles. The van der Waals surface area contributed by atoms with E-state index < -0.39 is 5.51 Å². The molecule has 3 aromatic carbocycles. The zero-order valence-electron chi connectivity index (χ0n) is 16.2. The molecule has 2 heterocycles. The van der Waals surface area contributed by atoms with Gasteiger partial charge in [-0.1, -0.05) is 0 Å². The van der Waals surface area contributed by atoms with Crippen molar-refractivity contribution in [2.45, 2.75) is 20.3 Å². The molecule has 0 radical (unpaired) electrons. The summed E-state index contributed by atoms with van der Waals surface area (Å²) in [5, 5.41) is 5.28. The van der Waals surface area contributed by atoms with Crippen molar-refractivity contribution in [1.29, 1.82) is 0 Å². The van der Waals surface area contributed by atoms with Gasteiger partial charge in [0, 0.05) is 0 Å². The number of fused-ring (bicyclic) bond motifs is 8. The van der Waals surface area contributed by atoms with Gasteiger partial charge in [0.15, 0.2) is 0 Å². The van der Waals surface area contributed by atoms with Gasteiger partial charge in [0.05, 0.1) is 0 Å². The van der Waals surface area contributed by atoms with Crippen LogP contribution in [0.25, 0.3) is 38.4 Å². The summed E-state index contributed by atoms with van der Waals surface area (Å²) >= 11 is 3.62. The third kappa shape index (κ3) is 2.61. The van der Waals surface area contributed by atoms with Crippen molar-refractivity contribution < 1.29 is 0 Å². The van der Waals surface area contributed by atoms with Crippen LogP contribution in [0.2, 0.25) is 0 Å². The van der Waals surface area contributed by atoms with Crippen molar-refractivity contribution in [2.24, 2.45) is 0 Å².